The first-order chi connectivity index (χ1) is 17.6. The molecule has 3 N–H and O–H groups in total. The average molecular weight is 530 g/mol. The van der Waals surface area contributed by atoms with E-state index in [9.17, 15) is 31.7 Å². The fourth-order valence-electron chi connectivity index (χ4n) is 3.34. The average Bonchev–Trinajstić information content (AvgIpc) is 2.86. The van der Waals surface area contributed by atoms with Crippen molar-refractivity contribution in [3.8, 4) is 22.6 Å². The highest BCUT2D eigenvalue weighted by Crippen LogP contribution is 2.34. The molecule has 0 heterocycles. The number of aromatic hydroxyl groups is 1. The van der Waals surface area contributed by atoms with Crippen LogP contribution in [0.25, 0.3) is 11.1 Å². The summed E-state index contributed by atoms with van der Waals surface area (Å²) in [5.74, 6) is -1.60. The number of alkyl halides is 3. The van der Waals surface area contributed by atoms with Gasteiger partial charge in [0.2, 0.25) is 0 Å². The van der Waals surface area contributed by atoms with Crippen LogP contribution >= 0.6 is 0 Å². The Hall–Kier alpha value is -4.38. The van der Waals surface area contributed by atoms with Gasteiger partial charge >= 0.3 is 6.36 Å². The van der Waals surface area contributed by atoms with E-state index in [2.05, 4.69) is 14.8 Å². The molecule has 0 fully saturated rings. The van der Waals surface area contributed by atoms with Crippen LogP contribution in [0.4, 0.5) is 28.9 Å². The third-order valence-electron chi connectivity index (χ3n) is 5.06. The number of carbonyl (C=O) groups excluding carboxylic acids is 1. The number of ether oxygens (including phenoxy) is 1. The monoisotopic (exact) mass is 530 g/mol. The van der Waals surface area contributed by atoms with Gasteiger partial charge in [0.25, 0.3) is 5.91 Å². The molecule has 6 nitrogen and oxygen atoms in total. The van der Waals surface area contributed by atoms with Gasteiger partial charge in [-0.3, -0.25) is 9.52 Å². The van der Waals surface area contributed by atoms with Crippen molar-refractivity contribution in [3.05, 3.63) is 102 Å². The van der Waals surface area contributed by atoms with Crippen LogP contribution in [-0.4, -0.2) is 21.6 Å². The van der Waals surface area contributed by atoms with Crippen LogP contribution in [0.5, 0.6) is 11.5 Å². The van der Waals surface area contributed by atoms with Crippen LogP contribution in [0.1, 0.15) is 10.4 Å². The standard InChI is InChI=1S/C26H18F4N2O4S/c27-18-9-12-20(13-10-18)37(35)32-22-15-19(11-14-23(22)33)31-25(34)17-7-5-16(6-8-17)21-3-1-2-4-24(21)36-26(28,29)30/h1-15,32-33H,(H,31,34). The van der Waals surface area contributed by atoms with Crippen molar-refractivity contribution in [2.75, 3.05) is 10.0 Å². The largest absolute Gasteiger partial charge is 0.573 e. The van der Waals surface area contributed by atoms with E-state index in [4.69, 9.17) is 0 Å². The number of amides is 1. The summed E-state index contributed by atoms with van der Waals surface area (Å²) in [6.07, 6.45) is -4.85. The summed E-state index contributed by atoms with van der Waals surface area (Å²) in [6.45, 7) is 0. The number of benzene rings is 4. The van der Waals surface area contributed by atoms with Crippen LogP contribution in [0.3, 0.4) is 0 Å². The number of rotatable bonds is 7. The third kappa shape index (κ3) is 6.64. The molecule has 4 aromatic rings. The van der Waals surface area contributed by atoms with Gasteiger partial charge in [0.1, 0.15) is 28.3 Å². The number of carbonyl (C=O) groups is 1. The number of halogens is 4. The predicted molar refractivity (Wildman–Crippen MR) is 131 cm³/mol. The van der Waals surface area contributed by atoms with E-state index in [0.29, 0.717) is 5.56 Å². The lowest BCUT2D eigenvalue weighted by atomic mass is 10.0. The van der Waals surface area contributed by atoms with Crippen LogP contribution in [-0.2, 0) is 11.0 Å². The van der Waals surface area contributed by atoms with Gasteiger partial charge in [-0.15, -0.1) is 13.2 Å². The minimum atomic E-state index is -4.85. The molecule has 1 unspecified atom stereocenters. The first-order valence-electron chi connectivity index (χ1n) is 10.6. The zero-order valence-electron chi connectivity index (χ0n) is 18.8. The Morgan fingerprint density at radius 3 is 2.24 bits per heavy atom. The second-order valence-electron chi connectivity index (χ2n) is 7.63. The first kappa shape index (κ1) is 25.7. The molecule has 4 rings (SSSR count). The van der Waals surface area contributed by atoms with E-state index in [0.717, 1.165) is 12.1 Å². The highest BCUT2D eigenvalue weighted by molar-refractivity contribution is 7.86. The number of phenolic OH excluding ortho intramolecular Hbond substituents is 1. The van der Waals surface area contributed by atoms with Gasteiger partial charge in [0.05, 0.1) is 10.6 Å². The van der Waals surface area contributed by atoms with Crippen molar-refractivity contribution in [2.45, 2.75) is 11.3 Å². The van der Waals surface area contributed by atoms with Crippen LogP contribution in [0.2, 0.25) is 0 Å². The maximum absolute atomic E-state index is 13.1. The summed E-state index contributed by atoms with van der Waals surface area (Å²) in [5.41, 5.74) is 1.17. The smallest absolute Gasteiger partial charge is 0.506 e. The van der Waals surface area contributed by atoms with Gasteiger partial charge in [-0.25, -0.2) is 8.60 Å². The highest BCUT2D eigenvalue weighted by atomic mass is 32.2. The lowest BCUT2D eigenvalue weighted by molar-refractivity contribution is -0.274. The number of anilines is 2. The summed E-state index contributed by atoms with van der Waals surface area (Å²) in [7, 11) is -1.81. The van der Waals surface area contributed by atoms with Gasteiger partial charge in [-0.1, -0.05) is 30.3 Å². The fourth-order valence-corrected chi connectivity index (χ4v) is 4.20. The maximum atomic E-state index is 13.1. The highest BCUT2D eigenvalue weighted by Gasteiger charge is 2.32. The molecular formula is C26H18F4N2O4S. The molecule has 0 bridgehead atoms. The molecule has 1 atom stereocenters. The molecule has 0 aliphatic rings. The van der Waals surface area contributed by atoms with Crippen molar-refractivity contribution in [1.82, 2.24) is 0 Å². The number of nitrogens with one attached hydrogen (secondary N) is 2. The number of hydrogen-bond acceptors (Lipinski definition) is 4. The molecule has 11 heteroatoms. The van der Waals surface area contributed by atoms with Crippen molar-refractivity contribution < 1.29 is 36.4 Å². The molecular weight excluding hydrogens is 512 g/mol. The Morgan fingerprint density at radius 1 is 0.892 bits per heavy atom. The lowest BCUT2D eigenvalue weighted by Gasteiger charge is -2.14. The van der Waals surface area contributed by atoms with E-state index in [1.54, 1.807) is 6.07 Å². The summed E-state index contributed by atoms with van der Waals surface area (Å²) in [6, 6.07) is 20.6. The molecule has 0 aliphatic heterocycles. The van der Waals surface area contributed by atoms with E-state index >= 15 is 0 Å². The van der Waals surface area contributed by atoms with E-state index < -0.39 is 29.1 Å². The van der Waals surface area contributed by atoms with Gasteiger partial charge < -0.3 is 15.2 Å². The minimum Gasteiger partial charge on any atom is -0.506 e. The van der Waals surface area contributed by atoms with Crippen molar-refractivity contribution in [2.24, 2.45) is 0 Å². The second-order valence-corrected chi connectivity index (χ2v) is 8.85. The zero-order valence-corrected chi connectivity index (χ0v) is 19.6. The number of phenols is 1. The molecule has 37 heavy (non-hydrogen) atoms. The zero-order chi connectivity index (χ0) is 26.6. The molecule has 0 radical (unpaired) electrons. The first-order valence-corrected chi connectivity index (χ1v) is 11.8. The molecule has 0 aliphatic carbocycles. The van der Waals surface area contributed by atoms with E-state index in [1.165, 1.54) is 72.8 Å². The van der Waals surface area contributed by atoms with Crippen molar-refractivity contribution >= 4 is 28.3 Å². The third-order valence-corrected chi connectivity index (χ3v) is 6.16. The van der Waals surface area contributed by atoms with Crippen LogP contribution in [0.15, 0.2) is 95.9 Å². The Labute approximate surface area is 211 Å². The lowest BCUT2D eigenvalue weighted by Crippen LogP contribution is -2.17. The normalized spacial score (nSPS) is 12.0. The summed E-state index contributed by atoms with van der Waals surface area (Å²) in [4.78, 5) is 13.0. The second kappa shape index (κ2) is 10.7. The van der Waals surface area contributed by atoms with Gasteiger partial charge in [0.15, 0.2) is 0 Å². The Balaban J connectivity index is 1.48. The summed E-state index contributed by atoms with van der Waals surface area (Å²) >= 11 is 0. The molecule has 0 saturated heterocycles. The van der Waals surface area contributed by atoms with Crippen molar-refractivity contribution in [1.29, 1.82) is 0 Å². The fraction of sp³-hybridized carbons (Fsp3) is 0.0385. The number of para-hydroxylation sites is 1. The van der Waals surface area contributed by atoms with Gasteiger partial charge in [-0.2, -0.15) is 0 Å². The van der Waals surface area contributed by atoms with Gasteiger partial charge in [0, 0.05) is 16.8 Å². The van der Waals surface area contributed by atoms with E-state index in [-0.39, 0.29) is 38.9 Å². The van der Waals surface area contributed by atoms with E-state index in [1.807, 2.05) is 0 Å². The Bertz CT molecular complexity index is 1440. The summed E-state index contributed by atoms with van der Waals surface area (Å²) < 4.78 is 70.4. The molecule has 190 valence electrons. The minimum absolute atomic E-state index is 0.0667. The van der Waals surface area contributed by atoms with Gasteiger partial charge in [-0.05, 0) is 66.2 Å². The molecule has 4 aromatic carbocycles. The van der Waals surface area contributed by atoms with Crippen molar-refractivity contribution in [3.63, 3.8) is 0 Å². The Kier molecular flexibility index (Phi) is 7.44. The predicted octanol–water partition coefficient (Wildman–Crippen LogP) is 6.48. The number of hydrogen-bond donors (Lipinski definition) is 3. The topological polar surface area (TPSA) is 87.7 Å². The molecule has 0 saturated carbocycles. The molecule has 0 spiro atoms. The van der Waals surface area contributed by atoms with Crippen LogP contribution < -0.4 is 14.8 Å². The summed E-state index contributed by atoms with van der Waals surface area (Å²) in [5, 5.41) is 12.7. The maximum Gasteiger partial charge on any atom is 0.573 e. The SMILES string of the molecule is O=C(Nc1ccc(O)c(NS(=O)c2ccc(F)cc2)c1)c1ccc(-c2ccccc2OC(F)(F)F)cc1. The molecule has 0 aromatic heterocycles. The quantitative estimate of drug-likeness (QED) is 0.145. The molecule has 1 amide bonds. The Morgan fingerprint density at radius 2 is 1.57 bits per heavy atom. The van der Waals surface area contributed by atoms with Crippen LogP contribution in [0, 0.1) is 5.82 Å².